The van der Waals surface area contributed by atoms with Gasteiger partial charge in [0.2, 0.25) is 0 Å². The Morgan fingerprint density at radius 2 is 2.06 bits per heavy atom. The first-order valence-electron chi connectivity index (χ1n) is 10.7. The molecule has 0 bridgehead atoms. The largest absolute Gasteiger partial charge is 0.465 e. The lowest BCUT2D eigenvalue weighted by atomic mass is 10.1. The Morgan fingerprint density at radius 1 is 1.27 bits per heavy atom. The topological polar surface area (TPSA) is 92.3 Å². The molecular weight excluding hydrogens is 468 g/mol. The molecule has 0 unspecified atom stereocenters. The van der Waals surface area contributed by atoms with Crippen LogP contribution in [-0.2, 0) is 26.2 Å². The van der Waals surface area contributed by atoms with E-state index in [1.165, 1.54) is 21.9 Å². The van der Waals surface area contributed by atoms with E-state index in [1.807, 2.05) is 6.92 Å². The third-order valence-corrected chi connectivity index (χ3v) is 8.10. The Hall–Kier alpha value is -2.24. The van der Waals surface area contributed by atoms with Gasteiger partial charge in [-0.25, -0.2) is 4.79 Å². The monoisotopic (exact) mass is 494 g/mol. The third-order valence-electron chi connectivity index (χ3n) is 5.98. The molecule has 2 saturated heterocycles. The van der Waals surface area contributed by atoms with E-state index in [1.54, 1.807) is 36.4 Å². The van der Waals surface area contributed by atoms with E-state index in [4.69, 9.17) is 21.1 Å². The van der Waals surface area contributed by atoms with E-state index < -0.39 is 16.2 Å². The molecule has 2 fully saturated rings. The van der Waals surface area contributed by atoms with Gasteiger partial charge in [0.15, 0.2) is 0 Å². The van der Waals surface area contributed by atoms with Gasteiger partial charge in [0, 0.05) is 36.9 Å². The highest BCUT2D eigenvalue weighted by molar-refractivity contribution is 7.90. The minimum Gasteiger partial charge on any atom is -0.465 e. The second-order valence-electron chi connectivity index (χ2n) is 8.16. The summed E-state index contributed by atoms with van der Waals surface area (Å²) in [5.41, 5.74) is 1.23. The van der Waals surface area contributed by atoms with E-state index in [-0.39, 0.29) is 12.6 Å². The van der Waals surface area contributed by atoms with Crippen LogP contribution >= 0.6 is 11.6 Å². The van der Waals surface area contributed by atoms with Gasteiger partial charge >= 0.3 is 16.2 Å². The lowest BCUT2D eigenvalue weighted by molar-refractivity contribution is -0.0873. The van der Waals surface area contributed by atoms with Gasteiger partial charge in [-0.3, -0.25) is 14.2 Å². The molecule has 9 nitrogen and oxygen atoms in total. The quantitative estimate of drug-likeness (QED) is 0.545. The molecule has 0 aliphatic carbocycles. The summed E-state index contributed by atoms with van der Waals surface area (Å²) in [7, 11) is -2.58. The smallest absolute Gasteiger partial charge is 0.339 e. The van der Waals surface area contributed by atoms with Crippen LogP contribution in [0.5, 0.6) is 0 Å². The van der Waals surface area contributed by atoms with Crippen molar-refractivity contribution >= 4 is 33.5 Å². The zero-order chi connectivity index (χ0) is 23.6. The van der Waals surface area contributed by atoms with Gasteiger partial charge in [0.1, 0.15) is 0 Å². The second kappa shape index (κ2) is 9.94. The first-order valence-corrected chi connectivity index (χ1v) is 12.5. The second-order valence-corrected chi connectivity index (χ2v) is 10.4. The molecule has 1 atom stereocenters. The number of nitrogens with zero attached hydrogens (tertiary/aromatic N) is 4. The average Bonchev–Trinajstić information content (AvgIpc) is 2.77. The Bertz CT molecular complexity index is 1090. The molecule has 2 aromatic rings. The van der Waals surface area contributed by atoms with Gasteiger partial charge in [-0.2, -0.15) is 12.7 Å². The predicted molar refractivity (Wildman–Crippen MR) is 124 cm³/mol. The normalized spacial score (nSPS) is 20.3. The number of anilines is 1. The number of ether oxygens (including phenoxy) is 2. The molecule has 3 heterocycles. The standard InChI is InChI=1S/C22H27ClN4O5S/c1-16-12-25(8-9-26(16)21-14-32-15-21)33(29,30)27(20-5-3-4-18(23)10-20)13-19-7-6-17(11-24-19)22(28)31-2/h3-7,10-11,16,21H,8-9,12-15H2,1-2H3/t16-/m0/s1. The van der Waals surface area contributed by atoms with Crippen molar-refractivity contribution in [3.05, 3.63) is 58.9 Å². The van der Waals surface area contributed by atoms with Gasteiger partial charge < -0.3 is 9.47 Å². The molecule has 1 aromatic carbocycles. The van der Waals surface area contributed by atoms with E-state index in [9.17, 15) is 13.2 Å². The van der Waals surface area contributed by atoms with Gasteiger partial charge in [-0.1, -0.05) is 17.7 Å². The van der Waals surface area contributed by atoms with Crippen molar-refractivity contribution in [2.24, 2.45) is 0 Å². The number of halogens is 1. The van der Waals surface area contributed by atoms with Crippen LogP contribution in [0.25, 0.3) is 0 Å². The third kappa shape index (κ3) is 5.15. The molecule has 0 saturated carbocycles. The highest BCUT2D eigenvalue weighted by Crippen LogP contribution is 2.28. The molecule has 1 aromatic heterocycles. The fourth-order valence-corrected chi connectivity index (χ4v) is 5.94. The number of esters is 1. The number of methoxy groups -OCH3 is 1. The summed E-state index contributed by atoms with van der Waals surface area (Å²) in [6.45, 7) is 4.83. The number of piperazine rings is 1. The zero-order valence-corrected chi connectivity index (χ0v) is 20.1. The van der Waals surface area contributed by atoms with Crippen molar-refractivity contribution in [2.75, 3.05) is 44.3 Å². The van der Waals surface area contributed by atoms with Gasteiger partial charge in [-0.15, -0.1) is 0 Å². The number of aromatic nitrogens is 1. The summed E-state index contributed by atoms with van der Waals surface area (Å²) < 4.78 is 40.4. The molecular formula is C22H27ClN4O5S. The number of hydrogen-bond donors (Lipinski definition) is 0. The summed E-state index contributed by atoms with van der Waals surface area (Å²) in [5, 5.41) is 0.435. The maximum Gasteiger partial charge on any atom is 0.339 e. The molecule has 11 heteroatoms. The van der Waals surface area contributed by atoms with Crippen LogP contribution in [0.3, 0.4) is 0 Å². The van der Waals surface area contributed by atoms with Gasteiger partial charge in [0.05, 0.1) is 49.9 Å². The fourth-order valence-electron chi connectivity index (χ4n) is 4.09. The highest BCUT2D eigenvalue weighted by atomic mass is 35.5. The molecule has 0 amide bonds. The van der Waals surface area contributed by atoms with Crippen molar-refractivity contribution in [1.82, 2.24) is 14.2 Å². The van der Waals surface area contributed by atoms with Crippen LogP contribution in [0.15, 0.2) is 42.6 Å². The number of carbonyl (C=O) groups is 1. The Morgan fingerprint density at radius 3 is 2.64 bits per heavy atom. The summed E-state index contributed by atoms with van der Waals surface area (Å²) in [6, 6.07) is 10.3. The number of benzene rings is 1. The van der Waals surface area contributed by atoms with Crippen molar-refractivity contribution in [1.29, 1.82) is 0 Å². The minimum atomic E-state index is -3.88. The Kier molecular flexibility index (Phi) is 7.20. The summed E-state index contributed by atoms with van der Waals surface area (Å²) in [5.74, 6) is -0.503. The minimum absolute atomic E-state index is 0.00477. The van der Waals surface area contributed by atoms with Gasteiger partial charge in [0.25, 0.3) is 0 Å². The fraction of sp³-hybridized carbons (Fsp3) is 0.455. The van der Waals surface area contributed by atoms with Crippen molar-refractivity contribution < 1.29 is 22.7 Å². The lowest BCUT2D eigenvalue weighted by Gasteiger charge is -2.46. The van der Waals surface area contributed by atoms with Gasteiger partial charge in [-0.05, 0) is 37.3 Å². The summed E-state index contributed by atoms with van der Waals surface area (Å²) in [6.07, 6.45) is 1.38. The summed E-state index contributed by atoms with van der Waals surface area (Å²) >= 11 is 6.18. The van der Waals surface area contributed by atoms with Crippen molar-refractivity contribution in [3.8, 4) is 0 Å². The van der Waals surface area contributed by atoms with E-state index in [2.05, 4.69) is 9.88 Å². The van der Waals surface area contributed by atoms with E-state index in [0.29, 0.717) is 60.9 Å². The Balaban J connectivity index is 1.59. The first kappa shape index (κ1) is 23.9. The van der Waals surface area contributed by atoms with Crippen LogP contribution in [0.1, 0.15) is 23.0 Å². The maximum atomic E-state index is 13.8. The average molecular weight is 495 g/mol. The van der Waals surface area contributed by atoms with E-state index in [0.717, 1.165) is 0 Å². The van der Waals surface area contributed by atoms with E-state index >= 15 is 0 Å². The number of carbonyl (C=O) groups excluding carboxylic acids is 1. The molecule has 0 radical (unpaired) electrons. The van der Waals surface area contributed by atoms with Crippen molar-refractivity contribution in [3.63, 3.8) is 0 Å². The number of pyridine rings is 1. The summed E-state index contributed by atoms with van der Waals surface area (Å²) in [4.78, 5) is 18.3. The molecule has 2 aliphatic heterocycles. The SMILES string of the molecule is COC(=O)c1ccc(CN(c2cccc(Cl)c2)S(=O)(=O)N2CCN(C3COC3)[C@@H](C)C2)nc1. The molecule has 4 rings (SSSR count). The number of rotatable bonds is 7. The zero-order valence-electron chi connectivity index (χ0n) is 18.6. The molecule has 2 aliphatic rings. The highest BCUT2D eigenvalue weighted by Gasteiger charge is 2.39. The first-order chi connectivity index (χ1) is 15.8. The van der Waals surface area contributed by atoms with Crippen LogP contribution < -0.4 is 4.31 Å². The maximum absolute atomic E-state index is 13.8. The molecule has 178 valence electrons. The molecule has 0 N–H and O–H groups in total. The lowest BCUT2D eigenvalue weighted by Crippen LogP contribution is -2.62. The number of hydrogen-bond acceptors (Lipinski definition) is 7. The molecule has 0 spiro atoms. The van der Waals surface area contributed by atoms with Crippen LogP contribution in [0.4, 0.5) is 5.69 Å². The van der Waals surface area contributed by atoms with Crippen LogP contribution in [0, 0.1) is 0 Å². The van der Waals surface area contributed by atoms with Crippen LogP contribution in [0.2, 0.25) is 5.02 Å². The molecule has 33 heavy (non-hydrogen) atoms. The van der Waals surface area contributed by atoms with Crippen molar-refractivity contribution in [2.45, 2.75) is 25.6 Å². The van der Waals surface area contributed by atoms with Crippen LogP contribution in [-0.4, -0.2) is 80.6 Å². The Labute approximate surface area is 199 Å². The predicted octanol–water partition coefficient (Wildman–Crippen LogP) is 2.18.